The van der Waals surface area contributed by atoms with E-state index in [1.54, 1.807) is 0 Å². The average molecular weight is 444 g/mol. The second kappa shape index (κ2) is 10.8. The lowest BCUT2D eigenvalue weighted by Crippen LogP contribution is -2.35. The number of rotatable bonds is 10. The van der Waals surface area contributed by atoms with E-state index in [0.29, 0.717) is 0 Å². The molecule has 32 heavy (non-hydrogen) atoms. The number of aryl methyl sites for hydroxylation is 1. The van der Waals surface area contributed by atoms with Gasteiger partial charge in [-0.3, -0.25) is 0 Å². The van der Waals surface area contributed by atoms with Gasteiger partial charge in [-0.25, -0.2) is 0 Å². The Kier molecular flexibility index (Phi) is 7.59. The fourth-order valence-electron chi connectivity index (χ4n) is 4.29. The van der Waals surface area contributed by atoms with Crippen LogP contribution in [0.15, 0.2) is 60.7 Å². The van der Waals surface area contributed by atoms with Crippen LogP contribution in [0.25, 0.3) is 33.1 Å². The molecular weight excluding hydrogens is 408 g/mol. The summed E-state index contributed by atoms with van der Waals surface area (Å²) in [6.07, 6.45) is 12.5. The van der Waals surface area contributed by atoms with Crippen LogP contribution in [0, 0.1) is 0 Å². The SMILES string of the molecule is CCCCCCCC[n+]1c(C=Cc2ccc(N(C)C)cc2)sc2c3ccccc3ccc21. The van der Waals surface area contributed by atoms with Crippen LogP contribution in [0.3, 0.4) is 0 Å². The van der Waals surface area contributed by atoms with Crippen LogP contribution in [-0.2, 0) is 6.54 Å². The molecule has 0 saturated carbocycles. The molecule has 2 nitrogen and oxygen atoms in total. The Morgan fingerprint density at radius 2 is 1.56 bits per heavy atom. The molecule has 0 aliphatic rings. The van der Waals surface area contributed by atoms with Gasteiger partial charge in [0, 0.05) is 43.7 Å². The molecule has 0 unspecified atom stereocenters. The van der Waals surface area contributed by atoms with Crippen molar-refractivity contribution in [1.29, 1.82) is 0 Å². The van der Waals surface area contributed by atoms with Gasteiger partial charge in [0.25, 0.3) is 5.01 Å². The van der Waals surface area contributed by atoms with Crippen molar-refractivity contribution in [2.75, 3.05) is 19.0 Å². The summed E-state index contributed by atoms with van der Waals surface area (Å²) in [5.41, 5.74) is 3.84. The Morgan fingerprint density at radius 3 is 2.34 bits per heavy atom. The zero-order chi connectivity index (χ0) is 22.3. The lowest BCUT2D eigenvalue weighted by Gasteiger charge is -2.11. The molecule has 3 aromatic carbocycles. The average Bonchev–Trinajstić information content (AvgIpc) is 3.18. The summed E-state index contributed by atoms with van der Waals surface area (Å²) in [6.45, 7) is 3.37. The predicted octanol–water partition coefficient (Wildman–Crippen LogP) is 7.94. The zero-order valence-electron chi connectivity index (χ0n) is 19.7. The molecule has 3 heteroatoms. The molecule has 0 aliphatic heterocycles. The van der Waals surface area contributed by atoms with E-state index < -0.39 is 0 Å². The summed E-state index contributed by atoms with van der Waals surface area (Å²) in [5.74, 6) is 0. The minimum atomic E-state index is 1.09. The van der Waals surface area contributed by atoms with Crippen molar-refractivity contribution < 1.29 is 4.57 Å². The van der Waals surface area contributed by atoms with Crippen LogP contribution in [0.2, 0.25) is 0 Å². The van der Waals surface area contributed by atoms with Gasteiger partial charge in [-0.05, 0) is 41.6 Å². The summed E-state index contributed by atoms with van der Waals surface area (Å²) in [5, 5.41) is 4.02. The molecule has 0 N–H and O–H groups in total. The number of fused-ring (bicyclic) bond motifs is 3. The van der Waals surface area contributed by atoms with Crippen molar-refractivity contribution in [3.05, 3.63) is 71.2 Å². The Hall–Kier alpha value is -2.65. The summed E-state index contributed by atoms with van der Waals surface area (Å²) in [4.78, 5) is 2.14. The van der Waals surface area contributed by atoms with Crippen molar-refractivity contribution in [3.8, 4) is 0 Å². The molecule has 166 valence electrons. The number of hydrogen-bond acceptors (Lipinski definition) is 2. The first kappa shape index (κ1) is 22.5. The van der Waals surface area contributed by atoms with Gasteiger partial charge in [-0.1, -0.05) is 80.3 Å². The highest BCUT2D eigenvalue weighted by atomic mass is 32.1. The number of aromatic nitrogens is 1. The predicted molar refractivity (Wildman–Crippen MR) is 143 cm³/mol. The standard InChI is InChI=1S/C29H35N2S/c1-4-5-6-7-8-11-22-31-27-20-17-24-12-9-10-13-26(24)29(27)32-28(31)21-16-23-14-18-25(19-15-23)30(2)3/h9-10,12-21H,4-8,11,22H2,1-3H3/q+1. The van der Waals surface area contributed by atoms with Crippen LogP contribution in [0.4, 0.5) is 5.69 Å². The first-order chi connectivity index (χ1) is 15.7. The van der Waals surface area contributed by atoms with E-state index >= 15 is 0 Å². The van der Waals surface area contributed by atoms with Crippen LogP contribution < -0.4 is 9.47 Å². The Bertz CT molecular complexity index is 1190. The number of hydrogen-bond donors (Lipinski definition) is 0. The summed E-state index contributed by atoms with van der Waals surface area (Å²) in [6, 6.07) is 22.1. The highest BCUT2D eigenvalue weighted by Gasteiger charge is 2.20. The van der Waals surface area contributed by atoms with Crippen molar-refractivity contribution in [1.82, 2.24) is 0 Å². The highest BCUT2D eigenvalue weighted by Crippen LogP contribution is 2.30. The molecule has 4 rings (SSSR count). The first-order valence-electron chi connectivity index (χ1n) is 12.0. The number of benzene rings is 3. The van der Waals surface area contributed by atoms with E-state index in [0.717, 1.165) is 6.54 Å². The molecule has 0 fully saturated rings. The monoisotopic (exact) mass is 443 g/mol. The zero-order valence-corrected chi connectivity index (χ0v) is 20.5. The van der Waals surface area contributed by atoms with Gasteiger partial charge >= 0.3 is 0 Å². The number of unbranched alkanes of at least 4 members (excludes halogenated alkanes) is 5. The molecule has 0 bridgehead atoms. The summed E-state index contributed by atoms with van der Waals surface area (Å²) in [7, 11) is 4.16. The Morgan fingerprint density at radius 1 is 0.812 bits per heavy atom. The third kappa shape index (κ3) is 5.21. The van der Waals surface area contributed by atoms with Crippen molar-refractivity contribution in [2.45, 2.75) is 52.0 Å². The van der Waals surface area contributed by atoms with E-state index in [9.17, 15) is 0 Å². The quantitative estimate of drug-likeness (QED) is 0.178. The maximum absolute atomic E-state index is 2.54. The molecule has 1 heterocycles. The van der Waals surface area contributed by atoms with Crippen molar-refractivity contribution in [2.24, 2.45) is 0 Å². The molecule has 0 atom stereocenters. The molecule has 0 amide bonds. The first-order valence-corrected chi connectivity index (χ1v) is 12.8. The number of anilines is 1. The second-order valence-corrected chi connectivity index (χ2v) is 9.84. The maximum atomic E-state index is 2.54. The van der Waals surface area contributed by atoms with Crippen molar-refractivity contribution in [3.63, 3.8) is 0 Å². The largest absolute Gasteiger partial charge is 0.378 e. The second-order valence-electron chi connectivity index (χ2n) is 8.81. The van der Waals surface area contributed by atoms with Crippen LogP contribution in [0.1, 0.15) is 56.0 Å². The van der Waals surface area contributed by atoms with Crippen LogP contribution in [-0.4, -0.2) is 14.1 Å². The van der Waals surface area contributed by atoms with E-state index in [1.807, 2.05) is 11.3 Å². The van der Waals surface area contributed by atoms with Gasteiger partial charge in [0.05, 0.1) is 0 Å². The minimum Gasteiger partial charge on any atom is -0.378 e. The van der Waals surface area contributed by atoms with E-state index in [2.05, 4.69) is 103 Å². The van der Waals surface area contributed by atoms with Crippen molar-refractivity contribution >= 4 is 50.2 Å². The maximum Gasteiger partial charge on any atom is 0.262 e. The fraction of sp³-hybridized carbons (Fsp3) is 0.345. The molecule has 0 saturated heterocycles. The minimum absolute atomic E-state index is 1.09. The topological polar surface area (TPSA) is 7.12 Å². The van der Waals surface area contributed by atoms with Gasteiger partial charge in [0.1, 0.15) is 4.70 Å². The Balaban J connectivity index is 1.63. The van der Waals surface area contributed by atoms with Gasteiger partial charge < -0.3 is 4.90 Å². The molecular formula is C29H35N2S+. The third-order valence-electron chi connectivity index (χ3n) is 6.19. The molecule has 1 aromatic heterocycles. The molecule has 4 aromatic rings. The van der Waals surface area contributed by atoms with Gasteiger partial charge in [0.2, 0.25) is 5.52 Å². The normalized spacial score (nSPS) is 11.7. The van der Waals surface area contributed by atoms with E-state index in [4.69, 9.17) is 0 Å². The van der Waals surface area contributed by atoms with Gasteiger partial charge in [-0.2, -0.15) is 4.57 Å². The van der Waals surface area contributed by atoms with Gasteiger partial charge in [-0.15, -0.1) is 0 Å². The lowest BCUT2D eigenvalue weighted by atomic mass is 10.1. The summed E-state index contributed by atoms with van der Waals surface area (Å²) < 4.78 is 3.94. The highest BCUT2D eigenvalue weighted by molar-refractivity contribution is 7.19. The molecule has 0 radical (unpaired) electrons. The van der Waals surface area contributed by atoms with E-state index in [-0.39, 0.29) is 0 Å². The Labute approximate surface area is 196 Å². The van der Waals surface area contributed by atoms with Crippen LogP contribution in [0.5, 0.6) is 0 Å². The molecule has 0 aliphatic carbocycles. The van der Waals surface area contributed by atoms with E-state index in [1.165, 1.54) is 75.8 Å². The smallest absolute Gasteiger partial charge is 0.262 e. The lowest BCUT2D eigenvalue weighted by molar-refractivity contribution is -0.669. The fourth-order valence-corrected chi connectivity index (χ4v) is 5.51. The summed E-state index contributed by atoms with van der Waals surface area (Å²) >= 11 is 1.92. The number of nitrogens with zero attached hydrogens (tertiary/aromatic N) is 2. The number of thiazole rings is 1. The van der Waals surface area contributed by atoms with Gasteiger partial charge in [0.15, 0.2) is 6.54 Å². The van der Waals surface area contributed by atoms with Crippen LogP contribution >= 0.6 is 11.3 Å². The third-order valence-corrected chi connectivity index (χ3v) is 7.38. The molecule has 0 spiro atoms.